The Labute approximate surface area is 158 Å². The summed E-state index contributed by atoms with van der Waals surface area (Å²) in [6, 6.07) is 9.17. The van der Waals surface area contributed by atoms with Crippen LogP contribution in [0.25, 0.3) is 0 Å². The summed E-state index contributed by atoms with van der Waals surface area (Å²) in [5, 5.41) is 0.506. The van der Waals surface area contributed by atoms with Crippen molar-refractivity contribution in [2.24, 2.45) is 0 Å². The predicted molar refractivity (Wildman–Crippen MR) is 103 cm³/mol. The summed E-state index contributed by atoms with van der Waals surface area (Å²) >= 11 is 6.16. The van der Waals surface area contributed by atoms with E-state index in [4.69, 9.17) is 16.6 Å². The highest BCUT2D eigenvalue weighted by molar-refractivity contribution is 6.33. The van der Waals surface area contributed by atoms with Gasteiger partial charge in [0.05, 0.1) is 10.6 Å². The van der Waals surface area contributed by atoms with E-state index in [0.717, 1.165) is 37.9 Å². The molecule has 0 unspecified atom stereocenters. The lowest BCUT2D eigenvalue weighted by Crippen LogP contribution is -2.49. The molecule has 2 aromatic rings. The van der Waals surface area contributed by atoms with Gasteiger partial charge < -0.3 is 14.7 Å². The molecule has 1 aromatic carbocycles. The van der Waals surface area contributed by atoms with Crippen LogP contribution in [0.2, 0.25) is 5.02 Å². The van der Waals surface area contributed by atoms with E-state index in [-0.39, 0.29) is 5.91 Å². The average molecular weight is 372 g/mol. The van der Waals surface area contributed by atoms with E-state index in [2.05, 4.69) is 14.8 Å². The molecule has 0 spiro atoms. The second-order valence-electron chi connectivity index (χ2n) is 6.67. The van der Waals surface area contributed by atoms with E-state index in [1.54, 1.807) is 12.1 Å². The summed E-state index contributed by atoms with van der Waals surface area (Å²) in [7, 11) is 0. The molecule has 2 aliphatic heterocycles. The van der Waals surface area contributed by atoms with Crippen LogP contribution in [0.4, 0.5) is 11.8 Å². The van der Waals surface area contributed by atoms with Crippen molar-refractivity contribution in [3.05, 3.63) is 47.1 Å². The summed E-state index contributed by atoms with van der Waals surface area (Å²) < 4.78 is 0. The van der Waals surface area contributed by atoms with Crippen LogP contribution in [0.15, 0.2) is 36.5 Å². The SMILES string of the molecule is O=C(c1ccccc1Cl)N1CCN(c2ccnc(N3CCCC3)n2)CC1. The van der Waals surface area contributed by atoms with Gasteiger partial charge in [0.25, 0.3) is 5.91 Å². The number of benzene rings is 1. The van der Waals surface area contributed by atoms with Gasteiger partial charge in [-0.15, -0.1) is 0 Å². The van der Waals surface area contributed by atoms with Crippen LogP contribution in [0.3, 0.4) is 0 Å². The highest BCUT2D eigenvalue weighted by Gasteiger charge is 2.24. The first-order valence-electron chi connectivity index (χ1n) is 9.09. The zero-order valence-corrected chi connectivity index (χ0v) is 15.4. The maximum Gasteiger partial charge on any atom is 0.255 e. The minimum Gasteiger partial charge on any atom is -0.353 e. The quantitative estimate of drug-likeness (QED) is 0.830. The third-order valence-electron chi connectivity index (χ3n) is 5.01. The highest BCUT2D eigenvalue weighted by atomic mass is 35.5. The monoisotopic (exact) mass is 371 g/mol. The lowest BCUT2D eigenvalue weighted by molar-refractivity contribution is 0.0746. The molecule has 0 radical (unpaired) electrons. The molecule has 0 aliphatic carbocycles. The molecule has 26 heavy (non-hydrogen) atoms. The van der Waals surface area contributed by atoms with Crippen LogP contribution < -0.4 is 9.80 Å². The Morgan fingerprint density at radius 1 is 0.923 bits per heavy atom. The number of piperazine rings is 1. The fourth-order valence-electron chi connectivity index (χ4n) is 3.53. The number of halogens is 1. The van der Waals surface area contributed by atoms with Crippen LogP contribution in [0.1, 0.15) is 23.2 Å². The van der Waals surface area contributed by atoms with Gasteiger partial charge in [-0.3, -0.25) is 4.79 Å². The van der Waals surface area contributed by atoms with Crippen molar-refractivity contribution >= 4 is 29.3 Å². The van der Waals surface area contributed by atoms with Crippen LogP contribution >= 0.6 is 11.6 Å². The van der Waals surface area contributed by atoms with Gasteiger partial charge in [0.15, 0.2) is 0 Å². The minimum atomic E-state index is -0.00399. The number of nitrogens with zero attached hydrogens (tertiary/aromatic N) is 5. The molecule has 2 saturated heterocycles. The molecule has 2 fully saturated rings. The van der Waals surface area contributed by atoms with Crippen molar-refractivity contribution in [2.45, 2.75) is 12.8 Å². The molecule has 1 amide bonds. The Hall–Kier alpha value is -2.34. The minimum absolute atomic E-state index is 0.00399. The molecular formula is C19H22ClN5O. The van der Waals surface area contributed by atoms with E-state index in [1.807, 2.05) is 29.3 Å². The topological polar surface area (TPSA) is 52.6 Å². The maximum absolute atomic E-state index is 12.7. The van der Waals surface area contributed by atoms with Crippen molar-refractivity contribution in [1.29, 1.82) is 0 Å². The first-order chi connectivity index (χ1) is 12.7. The molecular weight excluding hydrogens is 350 g/mol. The summed E-state index contributed by atoms with van der Waals surface area (Å²) in [5.41, 5.74) is 0.570. The van der Waals surface area contributed by atoms with Crippen molar-refractivity contribution < 1.29 is 4.79 Å². The summed E-state index contributed by atoms with van der Waals surface area (Å²) in [6.45, 7) is 4.90. The molecule has 0 N–H and O–H groups in total. The lowest BCUT2D eigenvalue weighted by Gasteiger charge is -2.35. The van der Waals surface area contributed by atoms with Crippen molar-refractivity contribution in [2.75, 3.05) is 49.1 Å². The van der Waals surface area contributed by atoms with Gasteiger partial charge in [-0.1, -0.05) is 23.7 Å². The number of anilines is 2. The molecule has 4 rings (SSSR count). The standard InChI is InChI=1S/C19H22ClN5O/c20-16-6-2-1-5-15(16)18(26)24-13-11-23(12-14-24)17-7-8-21-19(22-17)25-9-3-4-10-25/h1-2,5-8H,3-4,9-14H2. The van der Waals surface area contributed by atoms with E-state index >= 15 is 0 Å². The second kappa shape index (κ2) is 7.50. The van der Waals surface area contributed by atoms with Gasteiger partial charge in [0, 0.05) is 45.5 Å². The van der Waals surface area contributed by atoms with E-state index in [1.165, 1.54) is 12.8 Å². The number of rotatable bonds is 3. The number of aromatic nitrogens is 2. The maximum atomic E-state index is 12.7. The lowest BCUT2D eigenvalue weighted by atomic mass is 10.2. The fraction of sp³-hybridized carbons (Fsp3) is 0.421. The van der Waals surface area contributed by atoms with Gasteiger partial charge in [0.2, 0.25) is 5.95 Å². The molecule has 6 nitrogen and oxygen atoms in total. The first kappa shape index (κ1) is 17.1. The van der Waals surface area contributed by atoms with Gasteiger partial charge in [-0.25, -0.2) is 4.98 Å². The van der Waals surface area contributed by atoms with Crippen molar-refractivity contribution in [3.8, 4) is 0 Å². The number of hydrogen-bond donors (Lipinski definition) is 0. The smallest absolute Gasteiger partial charge is 0.255 e. The Bertz CT molecular complexity index is 785. The normalized spacial score (nSPS) is 17.7. The number of hydrogen-bond acceptors (Lipinski definition) is 5. The van der Waals surface area contributed by atoms with Gasteiger partial charge >= 0.3 is 0 Å². The highest BCUT2D eigenvalue weighted by Crippen LogP contribution is 2.22. The zero-order valence-electron chi connectivity index (χ0n) is 14.6. The summed E-state index contributed by atoms with van der Waals surface area (Å²) in [6.07, 6.45) is 4.24. The molecule has 0 atom stereocenters. The second-order valence-corrected chi connectivity index (χ2v) is 7.08. The number of carbonyl (C=O) groups is 1. The Morgan fingerprint density at radius 3 is 2.38 bits per heavy atom. The average Bonchev–Trinajstić information content (AvgIpc) is 3.23. The zero-order chi connectivity index (χ0) is 17.9. The summed E-state index contributed by atoms with van der Waals surface area (Å²) in [4.78, 5) is 28.2. The van der Waals surface area contributed by atoms with E-state index in [9.17, 15) is 4.79 Å². The first-order valence-corrected chi connectivity index (χ1v) is 9.47. The molecule has 136 valence electrons. The third-order valence-corrected chi connectivity index (χ3v) is 5.34. The molecule has 2 aliphatic rings. The molecule has 7 heteroatoms. The Balaban J connectivity index is 1.41. The molecule has 1 aromatic heterocycles. The predicted octanol–water partition coefficient (Wildman–Crippen LogP) is 2.69. The van der Waals surface area contributed by atoms with Crippen LogP contribution in [-0.4, -0.2) is 60.0 Å². The van der Waals surface area contributed by atoms with E-state index < -0.39 is 0 Å². The molecule has 0 saturated carbocycles. The molecule has 3 heterocycles. The van der Waals surface area contributed by atoms with Gasteiger partial charge in [-0.2, -0.15) is 4.98 Å². The fourth-order valence-corrected chi connectivity index (χ4v) is 3.75. The third kappa shape index (κ3) is 3.46. The van der Waals surface area contributed by atoms with Gasteiger partial charge in [-0.05, 0) is 31.0 Å². The Kier molecular flexibility index (Phi) is 4.93. The van der Waals surface area contributed by atoms with Crippen molar-refractivity contribution in [1.82, 2.24) is 14.9 Å². The molecule has 0 bridgehead atoms. The van der Waals surface area contributed by atoms with Crippen LogP contribution in [0, 0.1) is 0 Å². The van der Waals surface area contributed by atoms with Crippen LogP contribution in [0.5, 0.6) is 0 Å². The summed E-state index contributed by atoms with van der Waals surface area (Å²) in [5.74, 6) is 1.75. The van der Waals surface area contributed by atoms with Crippen molar-refractivity contribution in [3.63, 3.8) is 0 Å². The largest absolute Gasteiger partial charge is 0.353 e. The van der Waals surface area contributed by atoms with Crippen LogP contribution in [-0.2, 0) is 0 Å². The number of carbonyl (C=O) groups excluding carboxylic acids is 1. The van der Waals surface area contributed by atoms with Gasteiger partial charge in [0.1, 0.15) is 5.82 Å². The Morgan fingerprint density at radius 2 is 1.65 bits per heavy atom. The van der Waals surface area contributed by atoms with E-state index in [0.29, 0.717) is 23.7 Å². The number of amides is 1.